The second-order valence-corrected chi connectivity index (χ2v) is 8.40. The predicted octanol–water partition coefficient (Wildman–Crippen LogP) is 4.54. The van der Waals surface area contributed by atoms with Crippen LogP contribution in [0.15, 0.2) is 51.9 Å². The van der Waals surface area contributed by atoms with Crippen molar-refractivity contribution in [1.29, 1.82) is 0 Å². The van der Waals surface area contributed by atoms with Crippen LogP contribution in [-0.2, 0) is 12.2 Å². The Balaban J connectivity index is 1.91. The minimum atomic E-state index is -3.02. The summed E-state index contributed by atoms with van der Waals surface area (Å²) < 4.78 is 48.5. The summed E-state index contributed by atoms with van der Waals surface area (Å²) in [5.41, 5.74) is -1.91. The van der Waals surface area contributed by atoms with Gasteiger partial charge in [-0.1, -0.05) is 38.7 Å². The molecule has 2 aromatic heterocycles. The number of halogens is 3. The van der Waals surface area contributed by atoms with Gasteiger partial charge in [0.15, 0.2) is 0 Å². The fourth-order valence-corrected chi connectivity index (χ4v) is 3.66. The lowest BCUT2D eigenvalue weighted by Crippen LogP contribution is -2.16. The number of aromatic nitrogens is 3. The molecule has 0 aliphatic carbocycles. The summed E-state index contributed by atoms with van der Waals surface area (Å²) in [5.74, 6) is -0.160. The fraction of sp³-hybridized carbons (Fsp3) is 0.227. The van der Waals surface area contributed by atoms with E-state index in [1.807, 2.05) is 0 Å². The quantitative estimate of drug-likeness (QED) is 0.410. The van der Waals surface area contributed by atoms with Crippen LogP contribution in [0.1, 0.15) is 17.0 Å². The Kier molecular flexibility index (Phi) is 5.54. The van der Waals surface area contributed by atoms with Crippen molar-refractivity contribution in [2.45, 2.75) is 19.1 Å². The first-order valence-corrected chi connectivity index (χ1v) is 10.2. The van der Waals surface area contributed by atoms with E-state index in [4.69, 9.17) is 4.52 Å². The van der Waals surface area contributed by atoms with Crippen LogP contribution in [0, 0.1) is 12.7 Å². The van der Waals surface area contributed by atoms with Crippen LogP contribution in [0.5, 0.6) is 0 Å². The minimum Gasteiger partial charge on any atom is -0.375 e. The molecule has 166 valence electrons. The number of aryl methyl sites for hydroxylation is 1. The van der Waals surface area contributed by atoms with Crippen LogP contribution >= 0.6 is 9.24 Å². The highest BCUT2D eigenvalue weighted by Crippen LogP contribution is 2.34. The monoisotopic (exact) mass is 460 g/mol. The van der Waals surface area contributed by atoms with Gasteiger partial charge in [-0.15, -0.1) is 0 Å². The Hall–Kier alpha value is -3.19. The molecule has 0 spiro atoms. The predicted molar refractivity (Wildman–Crippen MR) is 120 cm³/mol. The number of benzene rings is 2. The summed E-state index contributed by atoms with van der Waals surface area (Å²) in [6.45, 7) is 1.85. The van der Waals surface area contributed by atoms with E-state index >= 15 is 0 Å². The van der Waals surface area contributed by atoms with Gasteiger partial charge in [0.25, 0.3) is 5.66 Å². The average molecular weight is 460 g/mol. The zero-order valence-electron chi connectivity index (χ0n) is 17.6. The number of hydrogen-bond donors (Lipinski definition) is 0. The van der Waals surface area contributed by atoms with E-state index in [9.17, 15) is 18.0 Å². The number of nitrogens with zero attached hydrogens (tertiary/aromatic N) is 4. The maximum absolute atomic E-state index is 14.7. The van der Waals surface area contributed by atoms with Gasteiger partial charge in [-0.25, -0.2) is 4.39 Å². The average Bonchev–Trinajstić information content (AvgIpc) is 3.15. The molecular weight excluding hydrogens is 440 g/mol. The number of fused-ring (bicyclic) bond motifs is 1. The molecule has 0 amide bonds. The van der Waals surface area contributed by atoms with E-state index in [0.717, 1.165) is 5.56 Å². The molecule has 0 saturated heterocycles. The standard InChI is InChI=1S/C22H20F3N4O2P/c1-12-26-21(27-31-12)16-11-29(10-13-4-6-14(7-5-13)22(24,25)32)18-9-19(28(2)3)17(23)8-15(18)20(16)30/h4-9,11H,10,32H2,1-3H3. The SMILES string of the molecule is Cc1nc(-c2cn(Cc3ccc(C(F)(F)P)cc3)c3cc(N(C)C)c(F)cc3c2=O)no1. The number of rotatable bonds is 5. The molecule has 0 radical (unpaired) electrons. The van der Waals surface area contributed by atoms with Crippen molar-refractivity contribution < 1.29 is 17.7 Å². The topological polar surface area (TPSA) is 64.2 Å². The number of alkyl halides is 2. The van der Waals surface area contributed by atoms with Gasteiger partial charge >= 0.3 is 0 Å². The van der Waals surface area contributed by atoms with Crippen molar-refractivity contribution in [3.8, 4) is 11.4 Å². The van der Waals surface area contributed by atoms with Crippen LogP contribution in [-0.4, -0.2) is 28.8 Å². The zero-order chi connectivity index (χ0) is 23.2. The minimum absolute atomic E-state index is 0.0956. The first-order chi connectivity index (χ1) is 15.0. The highest BCUT2D eigenvalue weighted by atomic mass is 31.0. The molecule has 1 unspecified atom stereocenters. The van der Waals surface area contributed by atoms with Crippen molar-refractivity contribution in [2.24, 2.45) is 0 Å². The molecule has 10 heteroatoms. The van der Waals surface area contributed by atoms with Gasteiger partial charge in [-0.3, -0.25) is 4.79 Å². The lowest BCUT2D eigenvalue weighted by Gasteiger charge is -2.18. The summed E-state index contributed by atoms with van der Waals surface area (Å²) >= 11 is 0. The Morgan fingerprint density at radius 2 is 1.88 bits per heavy atom. The molecule has 32 heavy (non-hydrogen) atoms. The number of anilines is 1. The third-order valence-electron chi connectivity index (χ3n) is 5.09. The van der Waals surface area contributed by atoms with Crippen molar-refractivity contribution in [1.82, 2.24) is 14.7 Å². The van der Waals surface area contributed by atoms with E-state index in [1.165, 1.54) is 27.4 Å². The molecule has 2 aromatic carbocycles. The van der Waals surface area contributed by atoms with Crippen molar-refractivity contribution in [2.75, 3.05) is 19.0 Å². The molecule has 4 rings (SSSR count). The Labute approximate surface area is 183 Å². The summed E-state index contributed by atoms with van der Waals surface area (Å²) in [6.07, 6.45) is 1.57. The number of hydrogen-bond acceptors (Lipinski definition) is 5. The Morgan fingerprint density at radius 1 is 1.19 bits per heavy atom. The van der Waals surface area contributed by atoms with Crippen molar-refractivity contribution >= 4 is 25.8 Å². The summed E-state index contributed by atoms with van der Waals surface area (Å²) in [4.78, 5) is 18.9. The van der Waals surface area contributed by atoms with Gasteiger partial charge in [-0.05, 0) is 17.7 Å². The first-order valence-electron chi connectivity index (χ1n) is 9.65. The van der Waals surface area contributed by atoms with Crippen molar-refractivity contribution in [3.05, 3.63) is 75.7 Å². The van der Waals surface area contributed by atoms with E-state index in [-0.39, 0.29) is 34.8 Å². The van der Waals surface area contributed by atoms with Crippen LogP contribution < -0.4 is 10.3 Å². The first kappa shape index (κ1) is 22.0. The van der Waals surface area contributed by atoms with Gasteiger partial charge in [0.1, 0.15) is 5.82 Å². The van der Waals surface area contributed by atoms with Gasteiger partial charge < -0.3 is 14.0 Å². The fourth-order valence-electron chi connectivity index (χ4n) is 3.47. The maximum atomic E-state index is 14.7. The molecule has 0 fully saturated rings. The normalized spacial score (nSPS) is 11.8. The van der Waals surface area contributed by atoms with Gasteiger partial charge in [0, 0.05) is 44.7 Å². The lowest BCUT2D eigenvalue weighted by molar-refractivity contribution is 0.104. The van der Waals surface area contributed by atoms with Crippen LogP contribution in [0.25, 0.3) is 22.3 Å². The summed E-state index contributed by atoms with van der Waals surface area (Å²) in [5, 5.41) is 3.98. The number of pyridine rings is 1. The largest absolute Gasteiger partial charge is 0.375 e. The third-order valence-corrected chi connectivity index (χ3v) is 5.42. The molecular formula is C22H20F3N4O2P. The van der Waals surface area contributed by atoms with E-state index in [0.29, 0.717) is 11.2 Å². The molecule has 0 aliphatic heterocycles. The summed E-state index contributed by atoms with van der Waals surface area (Å²) in [7, 11) is 4.91. The Morgan fingerprint density at radius 3 is 2.44 bits per heavy atom. The molecule has 0 bridgehead atoms. The summed E-state index contributed by atoms with van der Waals surface area (Å²) in [6, 6.07) is 8.65. The lowest BCUT2D eigenvalue weighted by atomic mass is 10.1. The van der Waals surface area contributed by atoms with Crippen LogP contribution in [0.3, 0.4) is 0 Å². The van der Waals surface area contributed by atoms with Gasteiger partial charge in [-0.2, -0.15) is 13.8 Å². The van der Waals surface area contributed by atoms with Gasteiger partial charge in [0.2, 0.25) is 17.1 Å². The molecule has 0 aliphatic rings. The molecule has 2 heterocycles. The highest BCUT2D eigenvalue weighted by molar-refractivity contribution is 7.17. The zero-order valence-corrected chi connectivity index (χ0v) is 18.7. The molecule has 1 atom stereocenters. The smallest absolute Gasteiger partial charge is 0.283 e. The van der Waals surface area contributed by atoms with E-state index < -0.39 is 16.9 Å². The third kappa shape index (κ3) is 4.12. The second kappa shape index (κ2) is 8.06. The Bertz CT molecular complexity index is 1360. The van der Waals surface area contributed by atoms with Gasteiger partial charge in [0.05, 0.1) is 16.8 Å². The molecule has 0 N–H and O–H groups in total. The molecule has 0 saturated carbocycles. The second-order valence-electron chi connectivity index (χ2n) is 7.67. The van der Waals surface area contributed by atoms with Crippen molar-refractivity contribution in [3.63, 3.8) is 0 Å². The highest BCUT2D eigenvalue weighted by Gasteiger charge is 2.24. The molecule has 4 aromatic rings. The maximum Gasteiger partial charge on any atom is 0.283 e. The van der Waals surface area contributed by atoms with E-state index in [1.54, 1.807) is 54.9 Å². The van der Waals surface area contributed by atoms with E-state index in [2.05, 4.69) is 10.1 Å². The van der Waals surface area contributed by atoms with Crippen LogP contribution in [0.2, 0.25) is 0 Å². The van der Waals surface area contributed by atoms with Crippen LogP contribution in [0.4, 0.5) is 18.9 Å². The molecule has 6 nitrogen and oxygen atoms in total.